The van der Waals surface area contributed by atoms with Crippen molar-refractivity contribution < 1.29 is 0 Å². The highest BCUT2D eigenvalue weighted by atomic mass is 15.5. The van der Waals surface area contributed by atoms with Crippen molar-refractivity contribution in [3.8, 4) is 0 Å². The average Bonchev–Trinajstić information content (AvgIpc) is 3.02. The summed E-state index contributed by atoms with van der Waals surface area (Å²) < 4.78 is 1.72. The molecule has 0 aliphatic heterocycles. The van der Waals surface area contributed by atoms with Crippen LogP contribution < -0.4 is 5.32 Å². The Balaban J connectivity index is 1.94. The van der Waals surface area contributed by atoms with Gasteiger partial charge in [0, 0.05) is 5.69 Å². The van der Waals surface area contributed by atoms with E-state index < -0.39 is 0 Å². The average molecular weight is 304 g/mol. The molecule has 2 heterocycles. The quantitative estimate of drug-likeness (QED) is 0.615. The number of benzene rings is 2. The smallest absolute Gasteiger partial charge is 0.222 e. The first-order valence-electron chi connectivity index (χ1n) is 7.45. The molecule has 2 aromatic heterocycles. The maximum Gasteiger partial charge on any atom is 0.222 e. The van der Waals surface area contributed by atoms with Gasteiger partial charge in [-0.15, -0.1) is 5.10 Å². The van der Waals surface area contributed by atoms with Gasteiger partial charge in [0.1, 0.15) is 0 Å². The fourth-order valence-corrected chi connectivity index (χ4v) is 2.66. The van der Waals surface area contributed by atoms with Gasteiger partial charge in [-0.05, 0) is 66.1 Å². The second-order valence-corrected chi connectivity index (χ2v) is 5.74. The predicted octanol–water partition coefficient (Wildman–Crippen LogP) is 3.34. The van der Waals surface area contributed by atoms with E-state index in [1.165, 1.54) is 11.1 Å². The van der Waals surface area contributed by atoms with Gasteiger partial charge in [-0.3, -0.25) is 0 Å². The molecule has 0 radical (unpaired) electrons. The van der Waals surface area contributed by atoms with Crippen LogP contribution in [0.5, 0.6) is 0 Å². The molecular weight excluding hydrogens is 288 g/mol. The van der Waals surface area contributed by atoms with Crippen molar-refractivity contribution in [3.05, 3.63) is 53.1 Å². The topological polar surface area (TPSA) is 68.0 Å². The Bertz CT molecular complexity index is 1030. The van der Waals surface area contributed by atoms with Crippen LogP contribution in [0.3, 0.4) is 0 Å². The first kappa shape index (κ1) is 13.6. The minimum atomic E-state index is 0.615. The molecule has 2 aromatic carbocycles. The number of hydrogen-bond acceptors (Lipinski definition) is 5. The summed E-state index contributed by atoms with van der Waals surface area (Å²) in [6.45, 7) is 6.21. The zero-order valence-electron chi connectivity index (χ0n) is 13.2. The third-order valence-electron chi connectivity index (χ3n) is 4.13. The second kappa shape index (κ2) is 5.01. The minimum Gasteiger partial charge on any atom is -0.337 e. The van der Waals surface area contributed by atoms with Crippen LogP contribution in [0.1, 0.15) is 16.7 Å². The van der Waals surface area contributed by atoms with E-state index >= 15 is 0 Å². The molecule has 0 aliphatic carbocycles. The van der Waals surface area contributed by atoms with Crippen molar-refractivity contribution in [2.24, 2.45) is 0 Å². The number of nitrogens with one attached hydrogen (secondary N) is 1. The maximum absolute atomic E-state index is 4.71. The Hall–Kier alpha value is -3.02. The first-order chi connectivity index (χ1) is 11.1. The Labute approximate surface area is 133 Å². The summed E-state index contributed by atoms with van der Waals surface area (Å²) in [5.41, 5.74) is 6.93. The van der Waals surface area contributed by atoms with Gasteiger partial charge in [-0.25, -0.2) is 4.98 Å². The second-order valence-electron chi connectivity index (χ2n) is 5.74. The van der Waals surface area contributed by atoms with E-state index in [0.717, 1.165) is 22.3 Å². The molecule has 4 aromatic rings. The summed E-state index contributed by atoms with van der Waals surface area (Å²) >= 11 is 0. The van der Waals surface area contributed by atoms with Crippen LogP contribution in [0.2, 0.25) is 0 Å². The molecule has 0 spiro atoms. The molecule has 0 saturated heterocycles. The van der Waals surface area contributed by atoms with Crippen LogP contribution in [0.4, 0.5) is 11.5 Å². The summed E-state index contributed by atoms with van der Waals surface area (Å²) in [4.78, 5) is 4.71. The van der Waals surface area contributed by atoms with Gasteiger partial charge in [0.05, 0.1) is 11.0 Å². The molecule has 6 nitrogen and oxygen atoms in total. The van der Waals surface area contributed by atoms with Crippen LogP contribution in [0.25, 0.3) is 16.7 Å². The molecule has 6 heteroatoms. The molecule has 23 heavy (non-hydrogen) atoms. The molecule has 1 N–H and O–H groups in total. The van der Waals surface area contributed by atoms with E-state index in [9.17, 15) is 0 Å². The fraction of sp³-hybridized carbons (Fsp3) is 0.176. The van der Waals surface area contributed by atoms with Crippen molar-refractivity contribution in [3.63, 3.8) is 0 Å². The monoisotopic (exact) mass is 304 g/mol. The molecule has 114 valence electrons. The zero-order chi connectivity index (χ0) is 16.0. The molecule has 0 saturated carbocycles. The Kier molecular flexibility index (Phi) is 2.97. The van der Waals surface area contributed by atoms with Crippen molar-refractivity contribution in [2.75, 3.05) is 5.32 Å². The highest BCUT2D eigenvalue weighted by molar-refractivity contribution is 5.84. The van der Waals surface area contributed by atoms with Gasteiger partial charge in [-0.1, -0.05) is 18.2 Å². The lowest BCUT2D eigenvalue weighted by Gasteiger charge is -2.12. The first-order valence-corrected chi connectivity index (χ1v) is 7.45. The Morgan fingerprint density at radius 1 is 1.04 bits per heavy atom. The third-order valence-corrected chi connectivity index (χ3v) is 4.13. The normalized spacial score (nSPS) is 11.3. The lowest BCUT2D eigenvalue weighted by atomic mass is 10.1. The fourth-order valence-electron chi connectivity index (χ4n) is 2.66. The number of aryl methyl sites for hydroxylation is 2. The van der Waals surface area contributed by atoms with Crippen LogP contribution in [-0.2, 0) is 0 Å². The summed E-state index contributed by atoms with van der Waals surface area (Å²) in [7, 11) is 0. The molecule has 0 atom stereocenters. The maximum atomic E-state index is 4.71. The van der Waals surface area contributed by atoms with E-state index in [2.05, 4.69) is 40.8 Å². The number of rotatable bonds is 2. The van der Waals surface area contributed by atoms with Gasteiger partial charge in [-0.2, -0.15) is 4.52 Å². The Morgan fingerprint density at radius 3 is 2.78 bits per heavy atom. The lowest BCUT2D eigenvalue weighted by Crippen LogP contribution is -2.02. The summed E-state index contributed by atoms with van der Waals surface area (Å²) in [5, 5.41) is 15.4. The highest BCUT2D eigenvalue weighted by Gasteiger charge is 2.13. The number of hydrogen-bond donors (Lipinski definition) is 1. The summed E-state index contributed by atoms with van der Waals surface area (Å²) in [6, 6.07) is 12.2. The molecule has 0 bridgehead atoms. The van der Waals surface area contributed by atoms with E-state index in [4.69, 9.17) is 4.98 Å². The number of fused-ring (bicyclic) bond motifs is 3. The number of anilines is 2. The van der Waals surface area contributed by atoms with Crippen LogP contribution in [0, 0.1) is 20.8 Å². The Morgan fingerprint density at radius 2 is 1.91 bits per heavy atom. The minimum absolute atomic E-state index is 0.615. The van der Waals surface area contributed by atoms with Crippen LogP contribution in [0.15, 0.2) is 36.4 Å². The number of aromatic nitrogens is 5. The SMILES string of the molecule is Cc1ccc2nc(Nc3cccc(C)c3C)c3nnnn3c2c1. The van der Waals surface area contributed by atoms with Crippen molar-refractivity contribution in [1.29, 1.82) is 0 Å². The molecule has 4 rings (SSSR count). The van der Waals surface area contributed by atoms with Crippen LogP contribution >= 0.6 is 0 Å². The van der Waals surface area contributed by atoms with E-state index in [1.54, 1.807) is 4.52 Å². The molecule has 0 amide bonds. The largest absolute Gasteiger partial charge is 0.337 e. The van der Waals surface area contributed by atoms with Gasteiger partial charge in [0.25, 0.3) is 0 Å². The summed E-state index contributed by atoms with van der Waals surface area (Å²) in [5.74, 6) is 0.653. The molecule has 0 fully saturated rings. The number of nitrogens with zero attached hydrogens (tertiary/aromatic N) is 5. The van der Waals surface area contributed by atoms with Gasteiger partial charge >= 0.3 is 0 Å². The predicted molar refractivity (Wildman–Crippen MR) is 90.0 cm³/mol. The third kappa shape index (κ3) is 2.19. The lowest BCUT2D eigenvalue weighted by molar-refractivity contribution is 0.840. The highest BCUT2D eigenvalue weighted by Crippen LogP contribution is 2.26. The van der Waals surface area contributed by atoms with Crippen molar-refractivity contribution in [2.45, 2.75) is 20.8 Å². The number of tetrazole rings is 1. The van der Waals surface area contributed by atoms with Gasteiger partial charge < -0.3 is 5.32 Å². The van der Waals surface area contributed by atoms with Crippen molar-refractivity contribution >= 4 is 28.2 Å². The molecular formula is C17H16N6. The van der Waals surface area contributed by atoms with Crippen LogP contribution in [-0.4, -0.2) is 25.0 Å². The van der Waals surface area contributed by atoms with Crippen molar-refractivity contribution in [1.82, 2.24) is 25.0 Å². The van der Waals surface area contributed by atoms with E-state index in [-0.39, 0.29) is 0 Å². The zero-order valence-corrected chi connectivity index (χ0v) is 13.2. The molecule has 0 unspecified atom stereocenters. The summed E-state index contributed by atoms with van der Waals surface area (Å²) in [6.07, 6.45) is 0. The van der Waals surface area contributed by atoms with Gasteiger partial charge in [0.2, 0.25) is 5.65 Å². The van der Waals surface area contributed by atoms with Gasteiger partial charge in [0.15, 0.2) is 5.82 Å². The molecule has 0 aliphatic rings. The standard InChI is InChI=1S/C17H16N6/c1-10-7-8-14-15(9-10)23-17(20-21-22-23)16(19-14)18-13-6-4-5-11(2)12(13)3/h4-9H,1-3H3,(H,18,19). The van der Waals surface area contributed by atoms with E-state index in [1.807, 2.05) is 37.3 Å². The van der Waals surface area contributed by atoms with E-state index in [0.29, 0.717) is 11.5 Å².